The van der Waals surface area contributed by atoms with Crippen molar-refractivity contribution in [2.45, 2.75) is 24.6 Å². The molecule has 1 saturated heterocycles. The fraction of sp³-hybridized carbons (Fsp3) is 0.429. The molecule has 0 spiro atoms. The van der Waals surface area contributed by atoms with E-state index in [1.54, 1.807) is 12.4 Å². The first-order valence-electron chi connectivity index (χ1n) is 6.55. The molecule has 1 aliphatic heterocycles. The van der Waals surface area contributed by atoms with Crippen LogP contribution >= 0.6 is 0 Å². The van der Waals surface area contributed by atoms with Gasteiger partial charge in [-0.15, -0.1) is 0 Å². The summed E-state index contributed by atoms with van der Waals surface area (Å²) in [5.74, 6) is -2.76. The van der Waals surface area contributed by atoms with E-state index in [1.165, 1.54) is 0 Å². The van der Waals surface area contributed by atoms with Crippen LogP contribution in [0.15, 0.2) is 30.6 Å². The molecular weight excluding hydrogens is 301 g/mol. The summed E-state index contributed by atoms with van der Waals surface area (Å²) in [7, 11) is 0. The lowest BCUT2D eigenvalue weighted by Gasteiger charge is -2.29. The van der Waals surface area contributed by atoms with E-state index in [4.69, 9.17) is 9.90 Å². The largest absolute Gasteiger partial charge is 0.490 e. The van der Waals surface area contributed by atoms with E-state index in [0.29, 0.717) is 0 Å². The van der Waals surface area contributed by atoms with E-state index >= 15 is 0 Å². The van der Waals surface area contributed by atoms with Crippen LogP contribution in [0.4, 0.5) is 13.2 Å². The van der Waals surface area contributed by atoms with E-state index in [1.807, 2.05) is 24.3 Å². The summed E-state index contributed by atoms with van der Waals surface area (Å²) in [5.41, 5.74) is 0.450. The van der Waals surface area contributed by atoms with Crippen molar-refractivity contribution < 1.29 is 28.2 Å². The number of carbonyl (C=O) groups is 1. The Kier molecular flexibility index (Phi) is 6.51. The number of piperidine rings is 1. The molecule has 0 aromatic carbocycles. The van der Waals surface area contributed by atoms with Crippen LogP contribution in [-0.2, 0) is 4.79 Å². The Morgan fingerprint density at radius 2 is 1.77 bits per heavy atom. The van der Waals surface area contributed by atoms with Crippen molar-refractivity contribution in [1.29, 1.82) is 0 Å². The van der Waals surface area contributed by atoms with Crippen molar-refractivity contribution in [2.75, 3.05) is 13.1 Å². The van der Waals surface area contributed by atoms with Gasteiger partial charge in [0.2, 0.25) is 0 Å². The van der Waals surface area contributed by atoms with Gasteiger partial charge in [0.15, 0.2) is 0 Å². The van der Waals surface area contributed by atoms with E-state index < -0.39 is 17.7 Å². The summed E-state index contributed by atoms with van der Waals surface area (Å²) in [4.78, 5) is 12.8. The summed E-state index contributed by atoms with van der Waals surface area (Å²) >= 11 is 0. The molecule has 0 unspecified atom stereocenters. The smallest absolute Gasteiger partial charge is 0.475 e. The Labute approximate surface area is 125 Å². The van der Waals surface area contributed by atoms with Crippen molar-refractivity contribution in [2.24, 2.45) is 0 Å². The predicted octanol–water partition coefficient (Wildman–Crippen LogP) is 1.84. The number of alkyl halides is 3. The molecule has 1 aliphatic rings. The third-order valence-electron chi connectivity index (χ3n) is 3.00. The summed E-state index contributed by atoms with van der Waals surface area (Å²) < 4.78 is 31.7. The maximum atomic E-state index is 10.6. The molecule has 0 amide bonds. The number of aliphatic carboxylic acids is 1. The Balaban J connectivity index is 0.000000295. The number of hydrogen-bond acceptors (Lipinski definition) is 4. The van der Waals surface area contributed by atoms with Gasteiger partial charge >= 0.3 is 12.1 Å². The maximum Gasteiger partial charge on any atom is 0.490 e. The molecule has 0 aliphatic carbocycles. The highest BCUT2D eigenvalue weighted by Crippen LogP contribution is 2.20. The second kappa shape index (κ2) is 7.90. The third kappa shape index (κ3) is 6.68. The van der Waals surface area contributed by atoms with Crippen LogP contribution in [0.3, 0.4) is 0 Å². The molecule has 0 radical (unpaired) electrons. The van der Waals surface area contributed by atoms with Gasteiger partial charge in [-0.2, -0.15) is 13.2 Å². The van der Waals surface area contributed by atoms with E-state index in [0.717, 1.165) is 31.5 Å². The predicted molar refractivity (Wildman–Crippen MR) is 74.0 cm³/mol. The molecule has 1 fully saturated rings. The average molecular weight is 318 g/mol. The van der Waals surface area contributed by atoms with Crippen LogP contribution < -0.4 is 5.32 Å². The van der Waals surface area contributed by atoms with Crippen molar-refractivity contribution in [1.82, 2.24) is 10.3 Å². The topological polar surface area (TPSA) is 82.5 Å². The number of carboxylic acid groups (broad SMARTS) is 1. The lowest BCUT2D eigenvalue weighted by atomic mass is 9.91. The Hall–Kier alpha value is -1.93. The normalized spacial score (nSPS) is 17.6. The van der Waals surface area contributed by atoms with Crippen molar-refractivity contribution in [3.8, 4) is 0 Å². The number of aliphatic hydroxyl groups is 1. The van der Waals surface area contributed by atoms with Gasteiger partial charge in [-0.25, -0.2) is 4.79 Å². The molecule has 0 saturated carbocycles. The zero-order valence-corrected chi connectivity index (χ0v) is 11.7. The summed E-state index contributed by atoms with van der Waals surface area (Å²) in [6.45, 7) is 1.77. The molecule has 0 bridgehead atoms. The van der Waals surface area contributed by atoms with Crippen LogP contribution in [0.5, 0.6) is 0 Å². The maximum absolute atomic E-state index is 10.6. The zero-order chi connectivity index (χ0) is 16.6. The Morgan fingerprint density at radius 3 is 2.23 bits per heavy atom. The number of rotatable bonds is 2. The molecule has 122 valence electrons. The van der Waals surface area contributed by atoms with Gasteiger partial charge in [-0.1, -0.05) is 12.2 Å². The third-order valence-corrected chi connectivity index (χ3v) is 3.00. The molecule has 1 aromatic heterocycles. The highest BCUT2D eigenvalue weighted by molar-refractivity contribution is 5.73. The standard InChI is InChI=1S/C12H16N2O.C2HF3O2/c15-12(5-9-14-10-6-12)4-1-11-2-7-13-8-3-11;3-2(4,5)1(6)7/h1-4,7-8,14-15H,5-6,9-10H2;(H,6,7). The molecule has 8 heteroatoms. The number of nitrogens with one attached hydrogen (secondary N) is 1. The number of pyridine rings is 1. The minimum Gasteiger partial charge on any atom is -0.475 e. The molecule has 2 rings (SSSR count). The molecule has 22 heavy (non-hydrogen) atoms. The molecule has 2 heterocycles. The molecular formula is C14H17F3N2O3. The van der Waals surface area contributed by atoms with E-state index in [9.17, 15) is 18.3 Å². The Morgan fingerprint density at radius 1 is 1.27 bits per heavy atom. The number of nitrogens with zero attached hydrogens (tertiary/aromatic N) is 1. The first-order valence-corrected chi connectivity index (χ1v) is 6.55. The van der Waals surface area contributed by atoms with Gasteiger partial charge in [0, 0.05) is 12.4 Å². The van der Waals surface area contributed by atoms with Gasteiger partial charge in [-0.3, -0.25) is 4.98 Å². The second-order valence-corrected chi connectivity index (χ2v) is 4.77. The Bertz CT molecular complexity index is 498. The van der Waals surface area contributed by atoms with E-state index in [-0.39, 0.29) is 0 Å². The first kappa shape index (κ1) is 18.1. The first-order chi connectivity index (χ1) is 10.2. The van der Waals surface area contributed by atoms with Crippen LogP contribution in [0.1, 0.15) is 18.4 Å². The summed E-state index contributed by atoms with van der Waals surface area (Å²) in [6, 6.07) is 3.86. The summed E-state index contributed by atoms with van der Waals surface area (Å²) in [6.07, 6.45) is 3.87. The lowest BCUT2D eigenvalue weighted by molar-refractivity contribution is -0.192. The minimum atomic E-state index is -5.08. The monoisotopic (exact) mass is 318 g/mol. The van der Waals surface area contributed by atoms with Crippen molar-refractivity contribution >= 4 is 12.0 Å². The van der Waals surface area contributed by atoms with Crippen LogP contribution in [0, 0.1) is 0 Å². The average Bonchev–Trinajstić information content (AvgIpc) is 2.47. The molecule has 3 N–H and O–H groups in total. The fourth-order valence-corrected chi connectivity index (χ4v) is 1.75. The quantitative estimate of drug-likeness (QED) is 0.775. The minimum absolute atomic E-state index is 0.630. The van der Waals surface area contributed by atoms with Crippen LogP contribution in [0.2, 0.25) is 0 Å². The molecule has 5 nitrogen and oxygen atoms in total. The number of halogens is 3. The number of hydrogen-bond donors (Lipinski definition) is 3. The zero-order valence-electron chi connectivity index (χ0n) is 11.7. The number of carboxylic acids is 1. The van der Waals surface area contributed by atoms with Crippen molar-refractivity contribution in [3.05, 3.63) is 36.2 Å². The molecule has 1 aromatic rings. The summed E-state index contributed by atoms with van der Waals surface area (Å²) in [5, 5.41) is 20.5. The SMILES string of the molecule is O=C(O)C(F)(F)F.OC1(C=Cc2ccncc2)CCNCC1. The fourth-order valence-electron chi connectivity index (χ4n) is 1.75. The highest BCUT2D eigenvalue weighted by Gasteiger charge is 2.38. The van der Waals surface area contributed by atoms with Gasteiger partial charge in [0.1, 0.15) is 0 Å². The van der Waals surface area contributed by atoms with Gasteiger partial charge in [0.25, 0.3) is 0 Å². The van der Waals surface area contributed by atoms with Gasteiger partial charge in [-0.05, 0) is 43.6 Å². The van der Waals surface area contributed by atoms with Gasteiger partial charge < -0.3 is 15.5 Å². The van der Waals surface area contributed by atoms with Crippen LogP contribution in [-0.4, -0.2) is 46.0 Å². The second-order valence-electron chi connectivity index (χ2n) is 4.77. The molecule has 0 atom stereocenters. The van der Waals surface area contributed by atoms with Crippen molar-refractivity contribution in [3.63, 3.8) is 0 Å². The van der Waals surface area contributed by atoms with Crippen LogP contribution in [0.25, 0.3) is 6.08 Å². The highest BCUT2D eigenvalue weighted by atomic mass is 19.4. The lowest BCUT2D eigenvalue weighted by Crippen LogP contribution is -2.40. The number of aromatic nitrogens is 1. The van der Waals surface area contributed by atoms with Gasteiger partial charge in [0.05, 0.1) is 5.60 Å². The van der Waals surface area contributed by atoms with E-state index in [2.05, 4.69) is 10.3 Å².